The molecule has 29 heavy (non-hydrogen) atoms. The number of halogens is 4. The molecule has 0 amide bonds. The maximum atomic E-state index is 13.4. The Labute approximate surface area is 173 Å². The quantitative estimate of drug-likeness (QED) is 0.780. The fourth-order valence-electron chi connectivity index (χ4n) is 4.63. The van der Waals surface area contributed by atoms with Gasteiger partial charge in [0.1, 0.15) is 0 Å². The Morgan fingerprint density at radius 2 is 1.66 bits per heavy atom. The molecule has 2 aromatic carbocycles. The minimum absolute atomic E-state index is 0.0377. The van der Waals surface area contributed by atoms with Crippen LogP contribution in [0.25, 0.3) is 0 Å². The molecular formula is C22H24ClF3N2O. The maximum Gasteiger partial charge on any atom is 0.416 e. The highest BCUT2D eigenvalue weighted by molar-refractivity contribution is 6.30. The second-order valence-electron chi connectivity index (χ2n) is 7.80. The van der Waals surface area contributed by atoms with Crippen LogP contribution in [0.5, 0.6) is 0 Å². The molecule has 0 saturated carbocycles. The van der Waals surface area contributed by atoms with Crippen LogP contribution in [0.4, 0.5) is 13.2 Å². The van der Waals surface area contributed by atoms with E-state index in [1.165, 1.54) is 12.1 Å². The van der Waals surface area contributed by atoms with Crippen molar-refractivity contribution in [1.29, 1.82) is 0 Å². The molecule has 0 unspecified atom stereocenters. The summed E-state index contributed by atoms with van der Waals surface area (Å²) in [4.78, 5) is 4.48. The molecule has 7 heteroatoms. The van der Waals surface area contributed by atoms with Gasteiger partial charge >= 0.3 is 6.18 Å². The first-order valence-electron chi connectivity index (χ1n) is 9.90. The van der Waals surface area contributed by atoms with Crippen LogP contribution >= 0.6 is 11.6 Å². The molecule has 1 aliphatic heterocycles. The third-order valence-electron chi connectivity index (χ3n) is 6.14. The molecule has 0 aromatic heterocycles. The Morgan fingerprint density at radius 3 is 2.28 bits per heavy atom. The summed E-state index contributed by atoms with van der Waals surface area (Å²) in [5.41, 5.74) is 2.26. The van der Waals surface area contributed by atoms with E-state index in [1.54, 1.807) is 6.07 Å². The lowest BCUT2D eigenvalue weighted by molar-refractivity contribution is -0.137. The standard InChI is InChI=1S/C22H24ClF3N2O/c23-17-4-1-15(2-5-17)19-14-21(28-9-7-27(8-10-28)11-12-29)20-13-16(22(24,25)26)3-6-18(19)20/h1-6,13,19,21,29H,7-12,14H2/t19-,21+/m0/s1. The van der Waals surface area contributed by atoms with Gasteiger partial charge in [0.05, 0.1) is 12.2 Å². The van der Waals surface area contributed by atoms with Gasteiger partial charge in [0.2, 0.25) is 0 Å². The number of aliphatic hydroxyl groups is 1. The molecule has 1 fully saturated rings. The van der Waals surface area contributed by atoms with Gasteiger partial charge in [-0.3, -0.25) is 9.80 Å². The zero-order valence-electron chi connectivity index (χ0n) is 16.0. The van der Waals surface area contributed by atoms with Gasteiger partial charge in [0.25, 0.3) is 0 Å². The van der Waals surface area contributed by atoms with Crippen LogP contribution in [-0.4, -0.2) is 54.2 Å². The van der Waals surface area contributed by atoms with E-state index in [0.717, 1.165) is 49.3 Å². The Balaban J connectivity index is 1.65. The fraction of sp³-hybridized carbons (Fsp3) is 0.455. The average Bonchev–Trinajstić information content (AvgIpc) is 3.08. The predicted octanol–water partition coefficient (Wildman–Crippen LogP) is 4.55. The predicted molar refractivity (Wildman–Crippen MR) is 107 cm³/mol. The third-order valence-corrected chi connectivity index (χ3v) is 6.40. The van der Waals surface area contributed by atoms with Gasteiger partial charge < -0.3 is 5.11 Å². The number of piperazine rings is 1. The summed E-state index contributed by atoms with van der Waals surface area (Å²) in [6.07, 6.45) is -3.59. The number of benzene rings is 2. The van der Waals surface area contributed by atoms with Crippen molar-refractivity contribution in [1.82, 2.24) is 9.80 Å². The van der Waals surface area contributed by atoms with Crippen molar-refractivity contribution in [2.24, 2.45) is 0 Å². The van der Waals surface area contributed by atoms with Crippen LogP contribution in [0, 0.1) is 0 Å². The smallest absolute Gasteiger partial charge is 0.395 e. The summed E-state index contributed by atoms with van der Waals surface area (Å²) in [5, 5.41) is 9.79. The molecule has 2 aromatic rings. The van der Waals surface area contributed by atoms with E-state index in [1.807, 2.05) is 24.3 Å². The first kappa shape index (κ1) is 20.7. The van der Waals surface area contributed by atoms with Crippen molar-refractivity contribution in [3.05, 3.63) is 69.7 Å². The molecule has 1 saturated heterocycles. The van der Waals surface area contributed by atoms with Gasteiger partial charge in [0.15, 0.2) is 0 Å². The van der Waals surface area contributed by atoms with Crippen molar-refractivity contribution < 1.29 is 18.3 Å². The Bertz CT molecular complexity index is 848. The van der Waals surface area contributed by atoms with Crippen molar-refractivity contribution in [2.75, 3.05) is 39.3 Å². The van der Waals surface area contributed by atoms with E-state index >= 15 is 0 Å². The molecule has 0 spiro atoms. The van der Waals surface area contributed by atoms with Crippen LogP contribution in [0.3, 0.4) is 0 Å². The number of hydrogen-bond donors (Lipinski definition) is 1. The van der Waals surface area contributed by atoms with Crippen LogP contribution < -0.4 is 0 Å². The molecule has 1 N–H and O–H groups in total. The van der Waals surface area contributed by atoms with Crippen molar-refractivity contribution in [2.45, 2.75) is 24.6 Å². The van der Waals surface area contributed by atoms with Crippen molar-refractivity contribution in [3.8, 4) is 0 Å². The molecule has 2 atom stereocenters. The van der Waals surface area contributed by atoms with E-state index < -0.39 is 11.7 Å². The summed E-state index contributed by atoms with van der Waals surface area (Å²) in [6.45, 7) is 3.97. The van der Waals surface area contributed by atoms with Crippen LogP contribution in [-0.2, 0) is 6.18 Å². The van der Waals surface area contributed by atoms with E-state index in [0.29, 0.717) is 11.6 Å². The average molecular weight is 425 g/mol. The van der Waals surface area contributed by atoms with E-state index in [9.17, 15) is 13.2 Å². The Kier molecular flexibility index (Phi) is 5.89. The lowest BCUT2D eigenvalue weighted by Gasteiger charge is -2.38. The lowest BCUT2D eigenvalue weighted by atomic mass is 9.92. The fourth-order valence-corrected chi connectivity index (χ4v) is 4.76. The van der Waals surface area contributed by atoms with Gasteiger partial charge in [-0.25, -0.2) is 0 Å². The molecule has 4 rings (SSSR count). The van der Waals surface area contributed by atoms with Crippen molar-refractivity contribution >= 4 is 11.6 Å². The minimum atomic E-state index is -4.35. The van der Waals surface area contributed by atoms with Crippen LogP contribution in [0.1, 0.15) is 40.6 Å². The summed E-state index contributed by atoms with van der Waals surface area (Å²) >= 11 is 6.02. The van der Waals surface area contributed by atoms with Gasteiger partial charge in [0, 0.05) is 49.7 Å². The second kappa shape index (κ2) is 8.26. The first-order valence-corrected chi connectivity index (χ1v) is 10.3. The zero-order chi connectivity index (χ0) is 20.6. The minimum Gasteiger partial charge on any atom is -0.395 e. The summed E-state index contributed by atoms with van der Waals surface area (Å²) in [6, 6.07) is 11.8. The molecular weight excluding hydrogens is 401 g/mol. The topological polar surface area (TPSA) is 26.7 Å². The van der Waals surface area contributed by atoms with Crippen LogP contribution in [0.2, 0.25) is 5.02 Å². The SMILES string of the molecule is OCCN1CCN([C@@H]2C[C@@H](c3ccc(Cl)cc3)c3ccc(C(F)(F)F)cc32)CC1. The highest BCUT2D eigenvalue weighted by Gasteiger charge is 2.39. The lowest BCUT2D eigenvalue weighted by Crippen LogP contribution is -2.48. The van der Waals surface area contributed by atoms with Crippen molar-refractivity contribution in [3.63, 3.8) is 0 Å². The number of β-amino-alcohol motifs (C(OH)–C–C–N with tert-alkyl or cyclic N) is 1. The molecule has 156 valence electrons. The van der Waals surface area contributed by atoms with Gasteiger partial charge in [-0.15, -0.1) is 0 Å². The van der Waals surface area contributed by atoms with E-state index in [4.69, 9.17) is 16.7 Å². The highest BCUT2D eigenvalue weighted by Crippen LogP contribution is 2.48. The summed E-state index contributed by atoms with van der Waals surface area (Å²) < 4.78 is 40.1. The Hall–Kier alpha value is -1.60. The number of nitrogens with zero attached hydrogens (tertiary/aromatic N) is 2. The van der Waals surface area contributed by atoms with E-state index in [-0.39, 0.29) is 18.6 Å². The molecule has 1 heterocycles. The Morgan fingerprint density at radius 1 is 0.966 bits per heavy atom. The molecule has 2 aliphatic rings. The molecule has 0 radical (unpaired) electrons. The van der Waals surface area contributed by atoms with Gasteiger partial charge in [-0.1, -0.05) is 29.8 Å². The molecule has 0 bridgehead atoms. The van der Waals surface area contributed by atoms with Gasteiger partial charge in [-0.2, -0.15) is 13.2 Å². The number of hydrogen-bond acceptors (Lipinski definition) is 3. The number of fused-ring (bicyclic) bond motifs is 1. The number of alkyl halides is 3. The number of aliphatic hydroxyl groups excluding tert-OH is 1. The molecule has 3 nitrogen and oxygen atoms in total. The van der Waals surface area contributed by atoms with Gasteiger partial charge in [-0.05, 0) is 47.4 Å². The largest absolute Gasteiger partial charge is 0.416 e. The molecule has 1 aliphatic carbocycles. The summed E-state index contributed by atoms with van der Waals surface area (Å²) in [7, 11) is 0. The zero-order valence-corrected chi connectivity index (χ0v) is 16.8. The normalized spacial score (nSPS) is 23.3. The third kappa shape index (κ3) is 4.31. The number of rotatable bonds is 4. The van der Waals surface area contributed by atoms with Crippen LogP contribution in [0.15, 0.2) is 42.5 Å². The monoisotopic (exact) mass is 424 g/mol. The first-order chi connectivity index (χ1) is 13.9. The summed E-state index contributed by atoms with van der Waals surface area (Å²) in [5.74, 6) is 0.0602. The highest BCUT2D eigenvalue weighted by atomic mass is 35.5. The second-order valence-corrected chi connectivity index (χ2v) is 8.23. The van der Waals surface area contributed by atoms with E-state index in [2.05, 4.69) is 9.80 Å². The maximum absolute atomic E-state index is 13.4.